The quantitative estimate of drug-likeness (QED) is 0.0939. The number of para-hydroxylation sites is 4. The molecule has 0 unspecified atom stereocenters. The van der Waals surface area contributed by atoms with E-state index in [2.05, 4.69) is 400 Å². The number of benzene rings is 13. The molecule has 117 heavy (non-hydrogen) atoms. The molecule has 0 saturated carbocycles. The van der Waals surface area contributed by atoms with E-state index in [1.807, 2.05) is 72.8 Å². The van der Waals surface area contributed by atoms with Gasteiger partial charge in [-0.15, -0.1) is 12.8 Å². The molecule has 0 saturated heterocycles. The number of aromatic nitrogens is 2. The van der Waals surface area contributed by atoms with Gasteiger partial charge in [0.25, 0.3) is 0 Å². The van der Waals surface area contributed by atoms with Gasteiger partial charge in [0.2, 0.25) is 0 Å². The summed E-state index contributed by atoms with van der Waals surface area (Å²) in [5.74, 6) is 5.19. The van der Waals surface area contributed by atoms with Gasteiger partial charge >= 0.3 is 0 Å². The highest BCUT2D eigenvalue weighted by Gasteiger charge is 2.41. The fraction of sp³-hybridized carbons (Fsp3) is 0.218. The number of nitriles is 4. The minimum absolute atomic E-state index is 0.00226. The number of terminal acetylenes is 2. The molecule has 0 N–H and O–H groups in total. The molecular weight excluding hydrogens is 1430 g/mol. The molecule has 13 aromatic carbocycles. The fourth-order valence-electron chi connectivity index (χ4n) is 15.0. The van der Waals surface area contributed by atoms with Crippen LogP contribution in [0.3, 0.4) is 0 Å². The topological polar surface area (TPSA) is 105 Å². The standard InChI is InChI=1S/C34H28N2.C28H28Si.2C13H13N.2C11H13N/c1-34(2,3)23-20-24(35-30-16-8-4-12-26(30)27-13-5-9-17-31(27)35)22-25(21-23)36-32-18-10-6-14-28(32)29-15-7-11-19-33(29)36;1-28(2,3)23-19-21-27(22-20-23)29(24-13-7-4-8-14-24,25-15-9-5-10-16-25)26-17-11-6-12-18-26;1-5-10-6-11(9-14)8-12(7-10)13(2,3)4;1-5-10-7-6-8-11(9-14)12(10)13(2,3)4;1-11(2,3)10-6-4-9(8-12)5-7-10;1-11(2,3)10-7-5-4-6-9(10)8-12/h4-22H,1-3H3;4-22H,1-3H3;2*1,6-8H,2-4H3;2*4-7H,1-3H3. The molecule has 0 aliphatic heterocycles. The Morgan fingerprint density at radius 3 is 0.915 bits per heavy atom. The zero-order chi connectivity index (χ0) is 84.7. The van der Waals surface area contributed by atoms with Crippen LogP contribution in [0.4, 0.5) is 0 Å². The van der Waals surface area contributed by atoms with Crippen LogP contribution in [-0.2, 0) is 32.5 Å². The van der Waals surface area contributed by atoms with E-state index in [4.69, 9.17) is 33.9 Å². The molecule has 2 heterocycles. The summed E-state index contributed by atoms with van der Waals surface area (Å²) >= 11 is 0. The van der Waals surface area contributed by atoms with E-state index in [0.717, 1.165) is 38.9 Å². The van der Waals surface area contributed by atoms with Crippen molar-refractivity contribution in [1.82, 2.24) is 9.13 Å². The maximum absolute atomic E-state index is 8.98. The summed E-state index contributed by atoms with van der Waals surface area (Å²) in [5, 5.41) is 46.0. The number of fused-ring (bicyclic) bond motifs is 6. The second-order valence-corrected chi connectivity index (χ2v) is 39.6. The molecule has 0 atom stereocenters. The molecule has 15 rings (SSSR count). The first-order chi connectivity index (χ1) is 55.6. The lowest BCUT2D eigenvalue weighted by Crippen LogP contribution is -2.74. The SMILES string of the molecule is C#Cc1cc(C#N)cc(C(C)(C)C)c1.C#Cc1cccc(C#N)c1C(C)(C)C.CC(C)(C)c1cc(-n2c3ccccc3c3ccccc32)cc(-n2c3ccccc3c3ccccc32)c1.CC(C)(C)c1ccc(C#N)cc1.CC(C)(C)c1ccc([Si](c2ccccc2)(c2ccccc2)c2ccccc2)cc1.CC(C)(C)c1ccccc1C#N. The summed E-state index contributed by atoms with van der Waals surface area (Å²) in [6, 6.07) is 120. The molecule has 0 fully saturated rings. The predicted molar refractivity (Wildman–Crippen MR) is 498 cm³/mol. The van der Waals surface area contributed by atoms with Gasteiger partial charge in [-0.2, -0.15) is 21.0 Å². The first-order valence-corrected chi connectivity index (χ1v) is 42.0. The normalized spacial score (nSPS) is 11.5. The van der Waals surface area contributed by atoms with Crippen molar-refractivity contribution in [3.8, 4) is 60.3 Å². The predicted octanol–water partition coefficient (Wildman–Crippen LogP) is 24.9. The van der Waals surface area contributed by atoms with Gasteiger partial charge in [-0.3, -0.25) is 0 Å². The number of hydrogen-bond donors (Lipinski definition) is 0. The van der Waals surface area contributed by atoms with Crippen LogP contribution in [-0.4, -0.2) is 17.2 Å². The third kappa shape index (κ3) is 20.1. The number of rotatable bonds is 6. The molecule has 0 radical (unpaired) electrons. The van der Waals surface area contributed by atoms with Crippen LogP contribution in [0.2, 0.25) is 0 Å². The van der Waals surface area contributed by atoms with Gasteiger partial charge in [-0.1, -0.05) is 361 Å². The number of nitrogens with zero attached hydrogens (tertiary/aromatic N) is 6. The van der Waals surface area contributed by atoms with Gasteiger partial charge in [-0.05, 0) is 178 Å². The van der Waals surface area contributed by atoms with Crippen LogP contribution in [0.25, 0.3) is 55.0 Å². The third-order valence-electron chi connectivity index (χ3n) is 21.2. The largest absolute Gasteiger partial charge is 0.309 e. The van der Waals surface area contributed by atoms with Crippen LogP contribution in [0.15, 0.2) is 315 Å². The molecule has 0 aliphatic carbocycles. The number of hydrogen-bond acceptors (Lipinski definition) is 4. The van der Waals surface area contributed by atoms with Gasteiger partial charge in [0, 0.05) is 44.0 Å². The molecule has 0 spiro atoms. The first-order valence-electron chi connectivity index (χ1n) is 40.0. The lowest BCUT2D eigenvalue weighted by Gasteiger charge is -2.34. The van der Waals surface area contributed by atoms with Gasteiger partial charge in [0.05, 0.1) is 68.6 Å². The average molecular weight is 1540 g/mol. The van der Waals surface area contributed by atoms with Gasteiger partial charge in [0.1, 0.15) is 0 Å². The van der Waals surface area contributed by atoms with Gasteiger partial charge in [0.15, 0.2) is 8.07 Å². The summed E-state index contributed by atoms with van der Waals surface area (Å²) < 4.78 is 4.86. The summed E-state index contributed by atoms with van der Waals surface area (Å²) in [5.41, 5.74) is 19.2. The molecule has 15 aromatic rings. The van der Waals surface area contributed by atoms with Crippen molar-refractivity contribution >= 4 is 72.4 Å². The van der Waals surface area contributed by atoms with E-state index >= 15 is 0 Å². The molecule has 0 aliphatic rings. The van der Waals surface area contributed by atoms with Crippen molar-refractivity contribution in [1.29, 1.82) is 21.0 Å². The minimum Gasteiger partial charge on any atom is -0.309 e. The van der Waals surface area contributed by atoms with Crippen LogP contribution >= 0.6 is 0 Å². The van der Waals surface area contributed by atoms with Crippen molar-refractivity contribution < 1.29 is 0 Å². The molecule has 6 nitrogen and oxygen atoms in total. The summed E-state index contributed by atoms with van der Waals surface area (Å²) in [6.07, 6.45) is 10.7. The molecule has 582 valence electrons. The second-order valence-electron chi connectivity index (χ2n) is 35.8. The molecule has 0 bridgehead atoms. The Kier molecular flexibility index (Phi) is 26.9. The van der Waals surface area contributed by atoms with E-state index in [1.165, 1.54) is 92.4 Å². The van der Waals surface area contributed by atoms with E-state index in [-0.39, 0.29) is 32.5 Å². The third-order valence-corrected chi connectivity index (χ3v) is 26.0. The first kappa shape index (κ1) is 86.2. The Morgan fingerprint density at radius 2 is 0.573 bits per heavy atom. The molecule has 2 aromatic heterocycles. The lowest BCUT2D eigenvalue weighted by atomic mass is 9.81. The zero-order valence-electron chi connectivity index (χ0n) is 71.4. The Morgan fingerprint density at radius 1 is 0.248 bits per heavy atom. The van der Waals surface area contributed by atoms with Crippen molar-refractivity contribution in [3.05, 3.63) is 382 Å². The van der Waals surface area contributed by atoms with Crippen molar-refractivity contribution in [2.45, 2.75) is 157 Å². The van der Waals surface area contributed by atoms with E-state index in [0.29, 0.717) is 11.1 Å². The Bertz CT molecular complexity index is 5830. The molecule has 7 heteroatoms. The van der Waals surface area contributed by atoms with Gasteiger partial charge < -0.3 is 9.13 Å². The molecule has 0 amide bonds. The van der Waals surface area contributed by atoms with Crippen molar-refractivity contribution in [2.75, 3.05) is 0 Å². The average Bonchev–Trinajstić information content (AvgIpc) is 1.67. The second kappa shape index (κ2) is 36.5. The maximum Gasteiger partial charge on any atom is 0.179 e. The van der Waals surface area contributed by atoms with Gasteiger partial charge in [-0.25, -0.2) is 0 Å². The summed E-state index contributed by atoms with van der Waals surface area (Å²) in [6.45, 7) is 39.0. The van der Waals surface area contributed by atoms with Crippen LogP contribution in [0.5, 0.6) is 0 Å². The van der Waals surface area contributed by atoms with Crippen molar-refractivity contribution in [3.63, 3.8) is 0 Å². The van der Waals surface area contributed by atoms with Crippen LogP contribution < -0.4 is 20.7 Å². The summed E-state index contributed by atoms with van der Waals surface area (Å²) in [4.78, 5) is 0. The van der Waals surface area contributed by atoms with Crippen LogP contribution in [0, 0.1) is 70.0 Å². The van der Waals surface area contributed by atoms with E-state index in [9.17, 15) is 0 Å². The monoisotopic (exact) mass is 1540 g/mol. The van der Waals surface area contributed by atoms with Crippen LogP contribution in [0.1, 0.15) is 191 Å². The molecular formula is C110H108N6Si. The highest BCUT2D eigenvalue weighted by atomic mass is 28.3. The Balaban J connectivity index is 0.000000158. The fourth-order valence-corrected chi connectivity index (χ4v) is 19.8. The highest BCUT2D eigenvalue weighted by Crippen LogP contribution is 2.39. The lowest BCUT2D eigenvalue weighted by molar-refractivity contribution is 0.587. The highest BCUT2D eigenvalue weighted by molar-refractivity contribution is 7.19. The zero-order valence-corrected chi connectivity index (χ0v) is 72.4. The minimum atomic E-state index is -2.38. The maximum atomic E-state index is 8.98. The Hall–Kier alpha value is -13.2. The Labute approximate surface area is 697 Å². The van der Waals surface area contributed by atoms with E-state index < -0.39 is 8.07 Å². The van der Waals surface area contributed by atoms with Crippen molar-refractivity contribution in [2.24, 2.45) is 0 Å². The summed E-state index contributed by atoms with van der Waals surface area (Å²) in [7, 11) is -2.38. The van der Waals surface area contributed by atoms with E-state index in [1.54, 1.807) is 12.1 Å². The smallest absolute Gasteiger partial charge is 0.179 e.